The summed E-state index contributed by atoms with van der Waals surface area (Å²) in [5, 5.41) is 12.4. The van der Waals surface area contributed by atoms with Crippen LogP contribution >= 0.6 is 0 Å². The van der Waals surface area contributed by atoms with Gasteiger partial charge in [-0.3, -0.25) is 0 Å². The van der Waals surface area contributed by atoms with Gasteiger partial charge in [-0.25, -0.2) is 4.79 Å². The van der Waals surface area contributed by atoms with Gasteiger partial charge in [0.25, 0.3) is 0 Å². The highest BCUT2D eigenvalue weighted by Crippen LogP contribution is 2.17. The largest absolute Gasteiger partial charge is 0.396 e. The predicted octanol–water partition coefficient (Wildman–Crippen LogP) is 2.81. The van der Waals surface area contributed by atoms with Gasteiger partial charge in [-0.15, -0.1) is 0 Å². The van der Waals surface area contributed by atoms with Crippen LogP contribution in [0.15, 0.2) is 30.3 Å². The number of rotatable bonds is 6. The molecule has 1 aliphatic heterocycles. The van der Waals surface area contributed by atoms with Gasteiger partial charge < -0.3 is 15.3 Å². The molecule has 22 heavy (non-hydrogen) atoms. The Kier molecular flexibility index (Phi) is 6.72. The molecule has 0 aliphatic carbocycles. The molecule has 2 N–H and O–H groups in total. The molecule has 1 saturated heterocycles. The molecule has 1 aromatic rings. The SMILES string of the molecule is CCCC(Cc1ccccc1)NC(=O)N1CCC(CO)CC1. The number of nitrogens with zero attached hydrogens (tertiary/aromatic N) is 1. The van der Waals surface area contributed by atoms with Crippen LogP contribution in [0.3, 0.4) is 0 Å². The maximum absolute atomic E-state index is 12.4. The molecule has 0 spiro atoms. The summed E-state index contributed by atoms with van der Waals surface area (Å²) in [4.78, 5) is 14.3. The molecule has 0 saturated carbocycles. The van der Waals surface area contributed by atoms with Crippen molar-refractivity contribution in [1.82, 2.24) is 10.2 Å². The third kappa shape index (κ3) is 5.02. The number of piperidine rings is 1. The average molecular weight is 304 g/mol. The summed E-state index contributed by atoms with van der Waals surface area (Å²) in [6.07, 6.45) is 4.74. The number of likely N-dealkylation sites (tertiary alicyclic amines) is 1. The standard InChI is InChI=1S/C18H28N2O2/c1-2-6-17(13-15-7-4-3-5-8-15)19-18(22)20-11-9-16(14-21)10-12-20/h3-5,7-8,16-17,21H,2,6,9-14H2,1H3,(H,19,22). The predicted molar refractivity (Wildman–Crippen MR) is 88.8 cm³/mol. The lowest BCUT2D eigenvalue weighted by molar-refractivity contribution is 0.135. The molecule has 1 aromatic carbocycles. The van der Waals surface area contributed by atoms with E-state index in [1.807, 2.05) is 23.1 Å². The van der Waals surface area contributed by atoms with E-state index in [9.17, 15) is 9.90 Å². The second-order valence-corrected chi connectivity index (χ2v) is 6.24. The van der Waals surface area contributed by atoms with Crippen LogP contribution in [-0.2, 0) is 6.42 Å². The van der Waals surface area contributed by atoms with Gasteiger partial charge in [0.15, 0.2) is 0 Å². The maximum atomic E-state index is 12.4. The summed E-state index contributed by atoms with van der Waals surface area (Å²) in [6.45, 7) is 3.89. The summed E-state index contributed by atoms with van der Waals surface area (Å²) >= 11 is 0. The minimum absolute atomic E-state index is 0.0470. The normalized spacial score (nSPS) is 17.3. The highest BCUT2D eigenvalue weighted by Gasteiger charge is 2.23. The van der Waals surface area contributed by atoms with Gasteiger partial charge in [0.05, 0.1) is 0 Å². The molecular formula is C18H28N2O2. The van der Waals surface area contributed by atoms with E-state index in [2.05, 4.69) is 24.4 Å². The van der Waals surface area contributed by atoms with Crippen molar-refractivity contribution in [1.29, 1.82) is 0 Å². The number of carbonyl (C=O) groups is 1. The Hall–Kier alpha value is -1.55. The zero-order valence-corrected chi connectivity index (χ0v) is 13.5. The number of aliphatic hydroxyl groups is 1. The van der Waals surface area contributed by atoms with Crippen molar-refractivity contribution in [3.8, 4) is 0 Å². The van der Waals surface area contributed by atoms with Crippen LogP contribution in [0, 0.1) is 5.92 Å². The highest BCUT2D eigenvalue weighted by molar-refractivity contribution is 5.74. The Morgan fingerprint density at radius 2 is 2.00 bits per heavy atom. The summed E-state index contributed by atoms with van der Waals surface area (Å²) in [5.41, 5.74) is 1.26. The van der Waals surface area contributed by atoms with Crippen molar-refractivity contribution >= 4 is 6.03 Å². The van der Waals surface area contributed by atoms with Crippen LogP contribution in [-0.4, -0.2) is 41.8 Å². The molecule has 0 radical (unpaired) electrons. The van der Waals surface area contributed by atoms with Crippen molar-refractivity contribution in [2.45, 2.75) is 45.1 Å². The van der Waals surface area contributed by atoms with Gasteiger partial charge in [-0.2, -0.15) is 0 Å². The Morgan fingerprint density at radius 3 is 2.59 bits per heavy atom. The van der Waals surface area contributed by atoms with E-state index in [4.69, 9.17) is 0 Å². The van der Waals surface area contributed by atoms with Crippen LogP contribution in [0.4, 0.5) is 4.79 Å². The molecule has 2 rings (SSSR count). The molecule has 4 nitrogen and oxygen atoms in total. The van der Waals surface area contributed by atoms with Gasteiger partial charge in [0.1, 0.15) is 0 Å². The number of nitrogens with one attached hydrogen (secondary N) is 1. The number of hydrogen-bond acceptors (Lipinski definition) is 2. The van der Waals surface area contributed by atoms with Gasteiger partial charge in [-0.1, -0.05) is 43.7 Å². The van der Waals surface area contributed by atoms with Crippen LogP contribution in [0.5, 0.6) is 0 Å². The lowest BCUT2D eigenvalue weighted by Crippen LogP contribution is -2.48. The van der Waals surface area contributed by atoms with Gasteiger partial charge in [-0.05, 0) is 37.2 Å². The van der Waals surface area contributed by atoms with E-state index in [0.29, 0.717) is 5.92 Å². The third-order valence-corrected chi connectivity index (χ3v) is 4.45. The van der Waals surface area contributed by atoms with E-state index in [-0.39, 0.29) is 18.7 Å². The van der Waals surface area contributed by atoms with Crippen molar-refractivity contribution < 1.29 is 9.90 Å². The van der Waals surface area contributed by atoms with Crippen LogP contribution in [0.2, 0.25) is 0 Å². The smallest absolute Gasteiger partial charge is 0.317 e. The van der Waals surface area contributed by atoms with E-state index in [0.717, 1.165) is 45.2 Å². The summed E-state index contributed by atoms with van der Waals surface area (Å²) in [6, 6.07) is 10.6. The molecule has 122 valence electrons. The first-order valence-corrected chi connectivity index (χ1v) is 8.43. The lowest BCUT2D eigenvalue weighted by Gasteiger charge is -2.32. The molecular weight excluding hydrogens is 276 g/mol. The number of aliphatic hydroxyl groups excluding tert-OH is 1. The maximum Gasteiger partial charge on any atom is 0.317 e. The number of hydrogen-bond donors (Lipinski definition) is 2. The Morgan fingerprint density at radius 1 is 1.32 bits per heavy atom. The average Bonchev–Trinajstić information content (AvgIpc) is 2.56. The fraction of sp³-hybridized carbons (Fsp3) is 0.611. The molecule has 0 bridgehead atoms. The van der Waals surface area contributed by atoms with E-state index in [1.165, 1.54) is 5.56 Å². The van der Waals surface area contributed by atoms with Gasteiger partial charge in [0.2, 0.25) is 0 Å². The van der Waals surface area contributed by atoms with E-state index >= 15 is 0 Å². The Balaban J connectivity index is 1.86. The zero-order valence-electron chi connectivity index (χ0n) is 13.5. The van der Waals surface area contributed by atoms with Crippen molar-refractivity contribution in [3.05, 3.63) is 35.9 Å². The second-order valence-electron chi connectivity index (χ2n) is 6.24. The fourth-order valence-corrected chi connectivity index (χ4v) is 3.06. The first-order chi connectivity index (χ1) is 10.7. The summed E-state index contributed by atoms with van der Waals surface area (Å²) < 4.78 is 0. The molecule has 1 atom stereocenters. The zero-order chi connectivity index (χ0) is 15.8. The van der Waals surface area contributed by atoms with Gasteiger partial charge >= 0.3 is 6.03 Å². The molecule has 1 unspecified atom stereocenters. The van der Waals surface area contributed by atoms with Crippen molar-refractivity contribution in [2.24, 2.45) is 5.92 Å². The Labute approximate surface area is 133 Å². The first-order valence-electron chi connectivity index (χ1n) is 8.43. The Bertz CT molecular complexity index is 442. The highest BCUT2D eigenvalue weighted by atomic mass is 16.3. The molecule has 4 heteroatoms. The number of benzene rings is 1. The number of carbonyl (C=O) groups excluding carboxylic acids is 1. The first kappa shape index (κ1) is 16.8. The minimum atomic E-state index is 0.0470. The monoisotopic (exact) mass is 304 g/mol. The quantitative estimate of drug-likeness (QED) is 0.849. The van der Waals surface area contributed by atoms with Crippen molar-refractivity contribution in [3.63, 3.8) is 0 Å². The molecule has 1 aliphatic rings. The van der Waals surface area contributed by atoms with Crippen LogP contribution in [0.25, 0.3) is 0 Å². The van der Waals surface area contributed by atoms with E-state index < -0.39 is 0 Å². The summed E-state index contributed by atoms with van der Waals surface area (Å²) in [7, 11) is 0. The minimum Gasteiger partial charge on any atom is -0.396 e. The third-order valence-electron chi connectivity index (χ3n) is 4.45. The molecule has 2 amide bonds. The lowest BCUT2D eigenvalue weighted by atomic mass is 9.98. The number of amides is 2. The second kappa shape index (κ2) is 8.79. The van der Waals surface area contributed by atoms with Crippen molar-refractivity contribution in [2.75, 3.05) is 19.7 Å². The van der Waals surface area contributed by atoms with Crippen LogP contribution < -0.4 is 5.32 Å². The fourth-order valence-electron chi connectivity index (χ4n) is 3.06. The topological polar surface area (TPSA) is 52.6 Å². The summed E-state index contributed by atoms with van der Waals surface area (Å²) in [5.74, 6) is 0.361. The molecule has 0 aromatic heterocycles. The van der Waals surface area contributed by atoms with E-state index in [1.54, 1.807) is 0 Å². The molecule has 1 fully saturated rings. The number of urea groups is 1. The molecule has 1 heterocycles. The van der Waals surface area contributed by atoms with Gasteiger partial charge in [0, 0.05) is 25.7 Å². The van der Waals surface area contributed by atoms with Crippen LogP contribution in [0.1, 0.15) is 38.2 Å².